The molecule has 216 valence electrons. The van der Waals surface area contributed by atoms with E-state index in [1.165, 1.54) is 17.7 Å². The van der Waals surface area contributed by atoms with Crippen LogP contribution in [0.1, 0.15) is 49.1 Å². The number of carbonyl (C=O) groups is 2. The van der Waals surface area contributed by atoms with Gasteiger partial charge in [-0.1, -0.05) is 43.8 Å². The van der Waals surface area contributed by atoms with E-state index in [-0.39, 0.29) is 30.1 Å². The molecule has 0 aliphatic carbocycles. The van der Waals surface area contributed by atoms with Crippen LogP contribution in [0.4, 0.5) is 10.1 Å². The number of ether oxygens (including phenoxy) is 1. The van der Waals surface area contributed by atoms with E-state index in [0.29, 0.717) is 5.75 Å². The predicted molar refractivity (Wildman–Crippen MR) is 164 cm³/mol. The van der Waals surface area contributed by atoms with E-state index in [0.717, 1.165) is 53.0 Å². The largest absolute Gasteiger partial charge is 0.454 e. The number of carbonyl (C=O) groups excluding carboxylic acids is 2. The molecule has 7 nitrogen and oxygen atoms in total. The number of halogens is 1. The van der Waals surface area contributed by atoms with Crippen molar-refractivity contribution in [3.63, 3.8) is 0 Å². The lowest BCUT2D eigenvalue weighted by Gasteiger charge is -2.40. The van der Waals surface area contributed by atoms with E-state index in [1.807, 2.05) is 24.3 Å². The summed E-state index contributed by atoms with van der Waals surface area (Å²) in [5.41, 5.74) is 5.36. The van der Waals surface area contributed by atoms with E-state index >= 15 is 4.39 Å². The Morgan fingerprint density at radius 2 is 1.93 bits per heavy atom. The van der Waals surface area contributed by atoms with Crippen LogP contribution in [0.15, 0.2) is 73.4 Å². The van der Waals surface area contributed by atoms with Crippen LogP contribution in [-0.4, -0.2) is 40.8 Å². The minimum atomic E-state index is -0.868. The van der Waals surface area contributed by atoms with Crippen LogP contribution in [0.2, 0.25) is 0 Å². The SMILES string of the molecule is C=Cc1cc2c(Oc3ccc(NC(=O)C(=O)NCC4c5ccccc5CCN4C(C)C)cc3F)ccnc2cc1CC. The van der Waals surface area contributed by atoms with Crippen LogP contribution in [0.5, 0.6) is 11.5 Å². The maximum Gasteiger partial charge on any atom is 0.313 e. The summed E-state index contributed by atoms with van der Waals surface area (Å²) >= 11 is 0. The smallest absolute Gasteiger partial charge is 0.313 e. The molecule has 2 N–H and O–H groups in total. The number of nitrogens with zero attached hydrogens (tertiary/aromatic N) is 2. The quantitative estimate of drug-likeness (QED) is 0.240. The van der Waals surface area contributed by atoms with Gasteiger partial charge in [0.25, 0.3) is 0 Å². The normalized spacial score (nSPS) is 14.8. The lowest BCUT2D eigenvalue weighted by molar-refractivity contribution is -0.136. The summed E-state index contributed by atoms with van der Waals surface area (Å²) in [5, 5.41) is 5.99. The minimum absolute atomic E-state index is 0.0191. The third-order valence-corrected chi connectivity index (χ3v) is 7.75. The monoisotopic (exact) mass is 566 g/mol. The molecule has 1 unspecified atom stereocenters. The number of pyridine rings is 1. The summed E-state index contributed by atoms with van der Waals surface area (Å²) in [6.45, 7) is 11.4. The first-order chi connectivity index (χ1) is 20.3. The van der Waals surface area contributed by atoms with Crippen molar-refractivity contribution in [2.45, 2.75) is 45.7 Å². The fourth-order valence-corrected chi connectivity index (χ4v) is 5.57. The van der Waals surface area contributed by atoms with E-state index in [2.05, 4.69) is 60.0 Å². The van der Waals surface area contributed by atoms with E-state index in [4.69, 9.17) is 4.74 Å². The number of benzene rings is 3. The molecule has 1 atom stereocenters. The summed E-state index contributed by atoms with van der Waals surface area (Å²) in [7, 11) is 0. The fourth-order valence-electron chi connectivity index (χ4n) is 5.57. The molecule has 0 saturated heterocycles. The Bertz CT molecular complexity index is 1650. The molecule has 0 radical (unpaired) electrons. The van der Waals surface area contributed by atoms with E-state index in [1.54, 1.807) is 18.3 Å². The molecule has 2 amide bonds. The highest BCUT2D eigenvalue weighted by Crippen LogP contribution is 2.34. The van der Waals surface area contributed by atoms with Gasteiger partial charge in [-0.3, -0.25) is 19.5 Å². The summed E-state index contributed by atoms with van der Waals surface area (Å²) in [6.07, 6.45) is 5.16. The molecule has 1 aliphatic rings. The van der Waals surface area contributed by atoms with Crippen LogP contribution >= 0.6 is 0 Å². The Balaban J connectivity index is 1.26. The molecule has 3 aromatic carbocycles. The standard InChI is InChI=1S/C34H35FN4O3/c1-5-22-17-27-29(18-23(22)6-2)36-15-13-31(27)42-32-12-11-25(19-28(32)35)38-34(41)33(40)37-20-30-26-10-8-7-9-24(26)14-16-39(30)21(3)4/h5,7-13,15,17-19,21,30H,1,6,14,16,20H2,2-4H3,(H,37,40)(H,38,41). The van der Waals surface area contributed by atoms with Crippen LogP contribution in [0.25, 0.3) is 17.0 Å². The van der Waals surface area contributed by atoms with Gasteiger partial charge in [-0.05, 0) is 79.3 Å². The number of nitrogens with one attached hydrogen (secondary N) is 2. The summed E-state index contributed by atoms with van der Waals surface area (Å²) in [5.74, 6) is -1.91. The van der Waals surface area contributed by atoms with Gasteiger partial charge in [0.15, 0.2) is 11.6 Å². The van der Waals surface area contributed by atoms with Gasteiger partial charge in [-0.15, -0.1) is 0 Å². The number of hydrogen-bond donors (Lipinski definition) is 2. The number of amides is 2. The average molecular weight is 567 g/mol. The number of rotatable bonds is 8. The predicted octanol–water partition coefficient (Wildman–Crippen LogP) is 6.43. The van der Waals surface area contributed by atoms with Crippen molar-refractivity contribution in [2.75, 3.05) is 18.4 Å². The van der Waals surface area contributed by atoms with Crippen molar-refractivity contribution in [3.8, 4) is 11.5 Å². The van der Waals surface area contributed by atoms with Crippen molar-refractivity contribution in [3.05, 3.63) is 102 Å². The fraction of sp³-hybridized carbons (Fsp3) is 0.265. The maximum absolute atomic E-state index is 15.1. The van der Waals surface area contributed by atoms with E-state index in [9.17, 15) is 9.59 Å². The third kappa shape index (κ3) is 6.04. The number of anilines is 1. The van der Waals surface area contributed by atoms with Gasteiger partial charge in [0.2, 0.25) is 0 Å². The van der Waals surface area contributed by atoms with E-state index < -0.39 is 17.6 Å². The van der Waals surface area contributed by atoms with Crippen LogP contribution in [-0.2, 0) is 22.4 Å². The molecule has 8 heteroatoms. The molecular weight excluding hydrogens is 531 g/mol. The highest BCUT2D eigenvalue weighted by Gasteiger charge is 2.29. The molecule has 5 rings (SSSR count). The second-order valence-electron chi connectivity index (χ2n) is 10.6. The molecule has 0 fully saturated rings. The van der Waals surface area contributed by atoms with Crippen molar-refractivity contribution < 1.29 is 18.7 Å². The first-order valence-corrected chi connectivity index (χ1v) is 14.2. The Morgan fingerprint density at radius 3 is 2.67 bits per heavy atom. The average Bonchev–Trinajstić information content (AvgIpc) is 3.00. The highest BCUT2D eigenvalue weighted by atomic mass is 19.1. The van der Waals surface area contributed by atoms with Crippen molar-refractivity contribution >= 4 is 34.5 Å². The lowest BCUT2D eigenvalue weighted by Crippen LogP contribution is -2.46. The second-order valence-corrected chi connectivity index (χ2v) is 10.6. The Hall–Kier alpha value is -4.56. The Morgan fingerprint density at radius 1 is 1.12 bits per heavy atom. The zero-order chi connectivity index (χ0) is 29.8. The first-order valence-electron chi connectivity index (χ1n) is 14.2. The van der Waals surface area contributed by atoms with Gasteiger partial charge in [0.05, 0.1) is 11.6 Å². The number of aryl methyl sites for hydroxylation is 1. The molecule has 2 heterocycles. The zero-order valence-corrected chi connectivity index (χ0v) is 24.1. The topological polar surface area (TPSA) is 83.6 Å². The molecule has 0 saturated carbocycles. The maximum atomic E-state index is 15.1. The Labute approximate surface area is 245 Å². The number of fused-ring (bicyclic) bond motifs is 2. The second kappa shape index (κ2) is 12.5. The number of hydrogen-bond acceptors (Lipinski definition) is 5. The molecule has 0 bridgehead atoms. The van der Waals surface area contributed by atoms with Crippen LogP contribution < -0.4 is 15.4 Å². The molecule has 0 spiro atoms. The third-order valence-electron chi connectivity index (χ3n) is 7.75. The zero-order valence-electron chi connectivity index (χ0n) is 24.1. The lowest BCUT2D eigenvalue weighted by atomic mass is 9.91. The Kier molecular flexibility index (Phi) is 8.64. The van der Waals surface area contributed by atoms with Gasteiger partial charge < -0.3 is 15.4 Å². The molecule has 42 heavy (non-hydrogen) atoms. The molecular formula is C34H35FN4O3. The van der Waals surface area contributed by atoms with Gasteiger partial charge in [0.1, 0.15) is 5.75 Å². The highest BCUT2D eigenvalue weighted by molar-refractivity contribution is 6.39. The first kappa shape index (κ1) is 29.0. The van der Waals surface area contributed by atoms with Crippen molar-refractivity contribution in [2.24, 2.45) is 0 Å². The summed E-state index contributed by atoms with van der Waals surface area (Å²) in [4.78, 5) is 32.2. The number of aromatic nitrogens is 1. The van der Waals surface area contributed by atoms with Gasteiger partial charge in [0, 0.05) is 42.5 Å². The van der Waals surface area contributed by atoms with Crippen LogP contribution in [0.3, 0.4) is 0 Å². The van der Waals surface area contributed by atoms with Crippen LogP contribution in [0, 0.1) is 5.82 Å². The van der Waals surface area contributed by atoms with Crippen molar-refractivity contribution in [1.82, 2.24) is 15.2 Å². The van der Waals surface area contributed by atoms with Crippen molar-refractivity contribution in [1.29, 1.82) is 0 Å². The summed E-state index contributed by atoms with van der Waals surface area (Å²) < 4.78 is 21.0. The minimum Gasteiger partial charge on any atom is -0.454 e. The molecule has 4 aromatic rings. The molecule has 1 aliphatic heterocycles. The van der Waals surface area contributed by atoms with Gasteiger partial charge in [-0.25, -0.2) is 4.39 Å². The van der Waals surface area contributed by atoms with Gasteiger partial charge >= 0.3 is 11.8 Å². The van der Waals surface area contributed by atoms with Gasteiger partial charge in [-0.2, -0.15) is 0 Å². The summed E-state index contributed by atoms with van der Waals surface area (Å²) in [6, 6.07) is 18.1. The molecule has 1 aromatic heterocycles.